The summed E-state index contributed by atoms with van der Waals surface area (Å²) in [4.78, 5) is 15.6. The van der Waals surface area contributed by atoms with Crippen molar-refractivity contribution in [3.63, 3.8) is 0 Å². The lowest BCUT2D eigenvalue weighted by molar-refractivity contribution is 0.0120. The average Bonchev–Trinajstić information content (AvgIpc) is 2.66. The van der Waals surface area contributed by atoms with Crippen molar-refractivity contribution in [2.24, 2.45) is 0 Å². The number of carbonyl (C=O) groups is 1. The molecule has 0 bridgehead atoms. The van der Waals surface area contributed by atoms with E-state index >= 15 is 0 Å². The van der Waals surface area contributed by atoms with Crippen LogP contribution in [-0.2, 0) is 11.3 Å². The summed E-state index contributed by atoms with van der Waals surface area (Å²) in [6.07, 6.45) is -1.13. The Hall–Kier alpha value is -2.64. The van der Waals surface area contributed by atoms with Crippen LogP contribution >= 0.6 is 0 Å². The highest BCUT2D eigenvalue weighted by molar-refractivity contribution is 5.67. The number of hydrogen-bond donors (Lipinski definition) is 3. The number of benzene rings is 1. The molecule has 1 heterocycles. The van der Waals surface area contributed by atoms with Gasteiger partial charge in [0.1, 0.15) is 12.7 Å². The van der Waals surface area contributed by atoms with E-state index < -0.39 is 18.3 Å². The first-order chi connectivity index (χ1) is 12.1. The molecule has 1 amide bonds. The van der Waals surface area contributed by atoms with Crippen LogP contribution in [-0.4, -0.2) is 41.0 Å². The van der Waals surface area contributed by atoms with Gasteiger partial charge in [0.05, 0.1) is 13.2 Å². The lowest BCUT2D eigenvalue weighted by Crippen LogP contribution is -2.30. The summed E-state index contributed by atoms with van der Waals surface area (Å²) in [5.41, 5.74) is 1.28. The van der Waals surface area contributed by atoms with Crippen molar-refractivity contribution >= 4 is 6.09 Å². The molecule has 0 saturated carbocycles. The molecule has 0 aliphatic rings. The Bertz CT molecular complexity index is 666. The number of aliphatic hydroxyl groups is 2. The Morgan fingerprint density at radius 3 is 2.68 bits per heavy atom. The molecule has 134 valence electrons. The minimum absolute atomic E-state index is 0.152. The highest BCUT2D eigenvalue weighted by Crippen LogP contribution is 2.25. The highest BCUT2D eigenvalue weighted by Gasteiger charge is 2.22. The van der Waals surface area contributed by atoms with Crippen LogP contribution < -0.4 is 10.1 Å². The van der Waals surface area contributed by atoms with Crippen molar-refractivity contribution in [3.8, 4) is 5.88 Å². The van der Waals surface area contributed by atoms with Gasteiger partial charge in [-0.3, -0.25) is 0 Å². The van der Waals surface area contributed by atoms with Gasteiger partial charge in [-0.05, 0) is 24.1 Å². The third-order valence-corrected chi connectivity index (χ3v) is 3.60. The van der Waals surface area contributed by atoms with Gasteiger partial charge < -0.3 is 25.0 Å². The minimum Gasteiger partial charge on any atom is -0.481 e. The minimum atomic E-state index is -1.16. The van der Waals surface area contributed by atoms with E-state index in [1.54, 1.807) is 12.1 Å². The smallest absolute Gasteiger partial charge is 0.407 e. The Kier molecular flexibility index (Phi) is 7.18. The quantitative estimate of drug-likeness (QED) is 0.674. The van der Waals surface area contributed by atoms with Gasteiger partial charge in [0.2, 0.25) is 5.88 Å². The Balaban J connectivity index is 1.74. The molecule has 2 aromatic rings. The van der Waals surface area contributed by atoms with Gasteiger partial charge >= 0.3 is 6.09 Å². The zero-order chi connectivity index (χ0) is 18.1. The summed E-state index contributed by atoms with van der Waals surface area (Å²) in [5, 5.41) is 22.8. The third-order valence-electron chi connectivity index (χ3n) is 3.60. The fourth-order valence-corrected chi connectivity index (χ4v) is 2.26. The number of methoxy groups -OCH3 is 1. The Morgan fingerprint density at radius 1 is 1.20 bits per heavy atom. The maximum absolute atomic E-state index is 11.6. The number of nitrogens with one attached hydrogen (secondary N) is 1. The summed E-state index contributed by atoms with van der Waals surface area (Å²) in [7, 11) is 1.44. The normalized spacial score (nSPS) is 12.9. The van der Waals surface area contributed by atoms with Crippen molar-refractivity contribution in [3.05, 3.63) is 59.8 Å². The number of pyridine rings is 1. The molecule has 0 aliphatic carbocycles. The second-order valence-electron chi connectivity index (χ2n) is 5.39. The monoisotopic (exact) mass is 346 g/mol. The van der Waals surface area contributed by atoms with E-state index in [0.717, 1.165) is 5.56 Å². The summed E-state index contributed by atoms with van der Waals surface area (Å²) in [6, 6.07) is 12.6. The average molecular weight is 346 g/mol. The second kappa shape index (κ2) is 9.61. The summed E-state index contributed by atoms with van der Waals surface area (Å²) in [6.45, 7) is 0.333. The van der Waals surface area contributed by atoms with Crippen LogP contribution in [0.25, 0.3) is 0 Å². The van der Waals surface area contributed by atoms with Crippen molar-refractivity contribution in [2.45, 2.75) is 25.2 Å². The van der Waals surface area contributed by atoms with Crippen molar-refractivity contribution in [2.75, 3.05) is 13.7 Å². The van der Waals surface area contributed by atoms with Crippen molar-refractivity contribution in [1.82, 2.24) is 10.3 Å². The van der Waals surface area contributed by atoms with Crippen LogP contribution in [0.5, 0.6) is 5.88 Å². The van der Waals surface area contributed by atoms with Gasteiger partial charge in [0.25, 0.3) is 0 Å². The van der Waals surface area contributed by atoms with Crippen LogP contribution in [0, 0.1) is 0 Å². The zero-order valence-corrected chi connectivity index (χ0v) is 14.0. The molecule has 25 heavy (non-hydrogen) atoms. The number of alkyl carbamates (subject to hydrolysis) is 1. The van der Waals surface area contributed by atoms with Crippen LogP contribution in [0.2, 0.25) is 0 Å². The SMILES string of the molecule is COc1ncccc1C(O)C(O)CCNC(=O)OCc1ccccc1. The molecule has 7 heteroatoms. The van der Waals surface area contributed by atoms with Crippen LogP contribution in [0.1, 0.15) is 23.7 Å². The number of nitrogens with zero attached hydrogens (tertiary/aromatic N) is 1. The van der Waals surface area contributed by atoms with Crippen LogP contribution in [0.4, 0.5) is 4.79 Å². The number of aliphatic hydroxyl groups excluding tert-OH is 2. The highest BCUT2D eigenvalue weighted by atomic mass is 16.5. The molecule has 1 aromatic carbocycles. The van der Waals surface area contributed by atoms with Gasteiger partial charge in [-0.25, -0.2) is 9.78 Å². The van der Waals surface area contributed by atoms with Gasteiger partial charge in [0.15, 0.2) is 0 Å². The summed E-state index contributed by atoms with van der Waals surface area (Å²) < 4.78 is 10.1. The molecule has 2 atom stereocenters. The molecular weight excluding hydrogens is 324 g/mol. The predicted molar refractivity (Wildman–Crippen MR) is 91.0 cm³/mol. The van der Waals surface area contributed by atoms with E-state index in [2.05, 4.69) is 10.3 Å². The number of rotatable bonds is 8. The Labute approximate surface area is 146 Å². The van der Waals surface area contributed by atoms with E-state index in [1.807, 2.05) is 30.3 Å². The molecule has 7 nitrogen and oxygen atoms in total. The number of ether oxygens (including phenoxy) is 2. The van der Waals surface area contributed by atoms with Gasteiger partial charge in [0, 0.05) is 18.3 Å². The lowest BCUT2D eigenvalue weighted by Gasteiger charge is -2.19. The second-order valence-corrected chi connectivity index (χ2v) is 5.39. The number of carbonyl (C=O) groups excluding carboxylic acids is 1. The fourth-order valence-electron chi connectivity index (χ4n) is 2.26. The van der Waals surface area contributed by atoms with Crippen LogP contribution in [0.3, 0.4) is 0 Å². The number of aromatic nitrogens is 1. The first-order valence-corrected chi connectivity index (χ1v) is 7.91. The largest absolute Gasteiger partial charge is 0.481 e. The Morgan fingerprint density at radius 2 is 1.96 bits per heavy atom. The molecule has 3 N–H and O–H groups in total. The van der Waals surface area contributed by atoms with Crippen molar-refractivity contribution < 1.29 is 24.5 Å². The van der Waals surface area contributed by atoms with Gasteiger partial charge in [-0.1, -0.05) is 30.3 Å². The zero-order valence-electron chi connectivity index (χ0n) is 14.0. The van der Waals surface area contributed by atoms with Crippen molar-refractivity contribution in [1.29, 1.82) is 0 Å². The molecular formula is C18H22N2O5. The molecule has 0 aliphatic heterocycles. The molecule has 1 aromatic heterocycles. The third kappa shape index (κ3) is 5.74. The van der Waals surface area contributed by atoms with E-state index in [1.165, 1.54) is 13.3 Å². The first kappa shape index (κ1) is 18.7. The summed E-state index contributed by atoms with van der Waals surface area (Å²) in [5.74, 6) is 0.254. The number of hydrogen-bond acceptors (Lipinski definition) is 6. The topological polar surface area (TPSA) is 101 Å². The molecule has 0 saturated heterocycles. The first-order valence-electron chi connectivity index (χ1n) is 7.91. The fraction of sp³-hybridized carbons (Fsp3) is 0.333. The molecule has 0 spiro atoms. The lowest BCUT2D eigenvalue weighted by atomic mass is 10.0. The van der Waals surface area contributed by atoms with E-state index in [-0.39, 0.29) is 25.5 Å². The molecule has 2 unspecified atom stereocenters. The molecule has 2 rings (SSSR count). The predicted octanol–water partition coefficient (Wildman–Crippen LogP) is 1.80. The standard InChI is InChI=1S/C18H22N2O5/c1-24-17-14(8-5-10-19-17)16(22)15(21)9-11-20-18(23)25-12-13-6-3-2-4-7-13/h2-8,10,15-16,21-22H,9,11-12H2,1H3,(H,20,23). The molecule has 0 fully saturated rings. The van der Waals surface area contributed by atoms with Gasteiger partial charge in [-0.2, -0.15) is 0 Å². The van der Waals surface area contributed by atoms with E-state index in [0.29, 0.717) is 5.56 Å². The maximum atomic E-state index is 11.6. The van der Waals surface area contributed by atoms with E-state index in [9.17, 15) is 15.0 Å². The maximum Gasteiger partial charge on any atom is 0.407 e. The molecule has 0 radical (unpaired) electrons. The number of amides is 1. The van der Waals surface area contributed by atoms with Gasteiger partial charge in [-0.15, -0.1) is 0 Å². The van der Waals surface area contributed by atoms with Crippen LogP contribution in [0.15, 0.2) is 48.7 Å². The summed E-state index contributed by atoms with van der Waals surface area (Å²) >= 11 is 0. The van der Waals surface area contributed by atoms with E-state index in [4.69, 9.17) is 9.47 Å².